The second-order valence-electron chi connectivity index (χ2n) is 8.23. The van der Waals surface area contributed by atoms with E-state index in [-0.39, 0.29) is 0 Å². The van der Waals surface area contributed by atoms with Gasteiger partial charge in [-0.15, -0.1) is 0 Å². The maximum atomic E-state index is 5.55. The quantitative estimate of drug-likeness (QED) is 0.458. The van der Waals surface area contributed by atoms with Gasteiger partial charge in [-0.05, 0) is 36.6 Å². The largest absolute Gasteiger partial charge is 0.381 e. The van der Waals surface area contributed by atoms with Crippen molar-refractivity contribution >= 4 is 22.4 Å². The summed E-state index contributed by atoms with van der Waals surface area (Å²) in [6, 6.07) is 18.8. The van der Waals surface area contributed by atoms with Gasteiger partial charge in [0.2, 0.25) is 5.95 Å². The predicted molar refractivity (Wildman–Crippen MR) is 126 cm³/mol. The monoisotopic (exact) mass is 424 g/mol. The molecule has 0 saturated carbocycles. The third-order valence-corrected chi connectivity index (χ3v) is 6.37. The van der Waals surface area contributed by atoms with Crippen LogP contribution in [0.5, 0.6) is 0 Å². The van der Waals surface area contributed by atoms with Gasteiger partial charge in [0.25, 0.3) is 0 Å². The molecule has 5 aromatic rings. The number of aromatic amines is 1. The number of piperidine rings is 1. The van der Waals surface area contributed by atoms with E-state index in [1.165, 1.54) is 0 Å². The number of nitrogens with one attached hydrogen (secondary N) is 1. The predicted octanol–water partition coefficient (Wildman–Crippen LogP) is 4.55. The first kappa shape index (κ1) is 19.0. The van der Waals surface area contributed by atoms with Gasteiger partial charge in [0.05, 0.1) is 23.3 Å². The summed E-state index contributed by atoms with van der Waals surface area (Å²) in [5.74, 6) is 0.880. The molecule has 160 valence electrons. The molecule has 4 heterocycles. The molecular formula is C25H24N6O. The van der Waals surface area contributed by atoms with Gasteiger partial charge in [0.1, 0.15) is 5.69 Å². The minimum Gasteiger partial charge on any atom is -0.381 e. The lowest BCUT2D eigenvalue weighted by Gasteiger charge is -2.31. The zero-order valence-corrected chi connectivity index (χ0v) is 17.9. The summed E-state index contributed by atoms with van der Waals surface area (Å²) in [7, 11) is 1.79. The highest BCUT2D eigenvalue weighted by Crippen LogP contribution is 2.37. The van der Waals surface area contributed by atoms with E-state index in [0.29, 0.717) is 6.10 Å². The molecule has 0 radical (unpaired) electrons. The third-order valence-electron chi connectivity index (χ3n) is 6.37. The molecule has 0 amide bonds. The van der Waals surface area contributed by atoms with Gasteiger partial charge in [0.15, 0.2) is 0 Å². The van der Waals surface area contributed by atoms with Crippen LogP contribution in [0.25, 0.3) is 38.8 Å². The van der Waals surface area contributed by atoms with Crippen molar-refractivity contribution in [2.75, 3.05) is 25.1 Å². The average molecular weight is 425 g/mol. The lowest BCUT2D eigenvalue weighted by atomic mass is 9.99. The fourth-order valence-electron chi connectivity index (χ4n) is 4.65. The van der Waals surface area contributed by atoms with Crippen molar-refractivity contribution in [2.45, 2.75) is 18.9 Å². The molecule has 7 heteroatoms. The van der Waals surface area contributed by atoms with Crippen LogP contribution in [0.3, 0.4) is 0 Å². The molecule has 1 fully saturated rings. The summed E-state index contributed by atoms with van der Waals surface area (Å²) in [6.07, 6.45) is 6.06. The van der Waals surface area contributed by atoms with Crippen molar-refractivity contribution in [1.82, 2.24) is 24.8 Å². The van der Waals surface area contributed by atoms with Crippen LogP contribution in [0.1, 0.15) is 12.8 Å². The standard InChI is InChI=1S/C25H24N6O/c1-32-20-10-13-30(14-11-20)25-26-12-9-22-23(18-7-8-21-19(15-18)16-27-28-21)24(29-31(22)25)17-5-3-2-4-6-17/h2-9,12,15-16,20H,10-11,13-14H2,1H3,(H,27,28). The minimum absolute atomic E-state index is 0.320. The minimum atomic E-state index is 0.320. The summed E-state index contributed by atoms with van der Waals surface area (Å²) in [5, 5.41) is 13.4. The summed E-state index contributed by atoms with van der Waals surface area (Å²) in [6.45, 7) is 1.81. The number of ether oxygens (including phenoxy) is 1. The van der Waals surface area contributed by atoms with Gasteiger partial charge in [-0.2, -0.15) is 14.7 Å². The van der Waals surface area contributed by atoms with Crippen LogP contribution in [-0.4, -0.2) is 51.1 Å². The van der Waals surface area contributed by atoms with E-state index in [1.54, 1.807) is 7.11 Å². The number of methoxy groups -OCH3 is 1. The fraction of sp³-hybridized carbons (Fsp3) is 0.240. The fourth-order valence-corrected chi connectivity index (χ4v) is 4.65. The van der Waals surface area contributed by atoms with Crippen LogP contribution in [0.4, 0.5) is 5.95 Å². The molecule has 1 aliphatic rings. The van der Waals surface area contributed by atoms with Gasteiger partial charge in [-0.3, -0.25) is 5.10 Å². The summed E-state index contributed by atoms with van der Waals surface area (Å²) < 4.78 is 7.56. The number of hydrogen-bond donors (Lipinski definition) is 1. The Bertz CT molecular complexity index is 1380. The van der Waals surface area contributed by atoms with Crippen LogP contribution in [0, 0.1) is 0 Å². The van der Waals surface area contributed by atoms with Gasteiger partial charge < -0.3 is 9.64 Å². The van der Waals surface area contributed by atoms with Gasteiger partial charge >= 0.3 is 0 Å². The number of aromatic nitrogens is 5. The van der Waals surface area contributed by atoms with E-state index in [9.17, 15) is 0 Å². The normalized spacial score (nSPS) is 15.1. The Hall–Kier alpha value is -3.71. The van der Waals surface area contributed by atoms with Crippen LogP contribution in [0.2, 0.25) is 0 Å². The highest BCUT2D eigenvalue weighted by atomic mass is 16.5. The molecule has 0 bridgehead atoms. The van der Waals surface area contributed by atoms with Crippen molar-refractivity contribution in [3.05, 3.63) is 67.0 Å². The third kappa shape index (κ3) is 3.13. The number of H-pyrrole nitrogens is 1. The van der Waals surface area contributed by atoms with E-state index < -0.39 is 0 Å². The van der Waals surface area contributed by atoms with Gasteiger partial charge in [-0.25, -0.2) is 4.98 Å². The van der Waals surface area contributed by atoms with Crippen molar-refractivity contribution < 1.29 is 4.74 Å². The van der Waals surface area contributed by atoms with E-state index >= 15 is 0 Å². The van der Waals surface area contributed by atoms with E-state index in [0.717, 1.165) is 70.7 Å². The Morgan fingerprint density at radius 2 is 1.84 bits per heavy atom. The molecule has 1 N–H and O–H groups in total. The molecule has 0 atom stereocenters. The summed E-state index contributed by atoms with van der Waals surface area (Å²) >= 11 is 0. The molecular weight excluding hydrogens is 400 g/mol. The van der Waals surface area contributed by atoms with E-state index in [2.05, 4.69) is 63.6 Å². The van der Waals surface area contributed by atoms with Crippen LogP contribution < -0.4 is 4.90 Å². The Kier molecular flexibility index (Phi) is 4.61. The molecule has 3 aromatic heterocycles. The number of nitrogens with zero attached hydrogens (tertiary/aromatic N) is 5. The molecule has 0 aliphatic carbocycles. The smallest absolute Gasteiger partial charge is 0.227 e. The number of anilines is 1. The molecule has 2 aromatic carbocycles. The van der Waals surface area contributed by atoms with Crippen molar-refractivity contribution in [3.63, 3.8) is 0 Å². The Morgan fingerprint density at radius 1 is 1.00 bits per heavy atom. The summed E-state index contributed by atoms with van der Waals surface area (Å²) in [4.78, 5) is 7.05. The zero-order valence-electron chi connectivity index (χ0n) is 17.9. The molecule has 0 unspecified atom stereocenters. The van der Waals surface area contributed by atoms with Crippen molar-refractivity contribution in [1.29, 1.82) is 0 Å². The van der Waals surface area contributed by atoms with Crippen molar-refractivity contribution in [3.8, 4) is 22.4 Å². The Balaban J connectivity index is 1.55. The second-order valence-corrected chi connectivity index (χ2v) is 8.23. The molecule has 1 saturated heterocycles. The maximum absolute atomic E-state index is 5.55. The first-order valence-corrected chi connectivity index (χ1v) is 11.0. The van der Waals surface area contributed by atoms with Crippen LogP contribution in [0.15, 0.2) is 67.0 Å². The Morgan fingerprint density at radius 3 is 2.66 bits per heavy atom. The maximum Gasteiger partial charge on any atom is 0.227 e. The molecule has 1 aliphatic heterocycles. The number of benzene rings is 2. The van der Waals surface area contributed by atoms with Crippen molar-refractivity contribution in [2.24, 2.45) is 0 Å². The number of rotatable bonds is 4. The Labute approximate surface area is 185 Å². The van der Waals surface area contributed by atoms with E-state index in [4.69, 9.17) is 14.8 Å². The highest BCUT2D eigenvalue weighted by molar-refractivity contribution is 5.96. The first-order chi connectivity index (χ1) is 15.8. The van der Waals surface area contributed by atoms with Gasteiger partial charge in [-0.1, -0.05) is 36.4 Å². The molecule has 6 rings (SSSR count). The molecule has 0 spiro atoms. The topological polar surface area (TPSA) is 71.3 Å². The second kappa shape index (κ2) is 7.76. The first-order valence-electron chi connectivity index (χ1n) is 11.0. The molecule has 7 nitrogen and oxygen atoms in total. The lowest BCUT2D eigenvalue weighted by Crippen LogP contribution is -2.38. The SMILES string of the molecule is COC1CCN(c2nccc3c(-c4ccc5[nH]ncc5c4)c(-c4ccccc4)nn23)CC1. The molecule has 32 heavy (non-hydrogen) atoms. The highest BCUT2D eigenvalue weighted by Gasteiger charge is 2.24. The van der Waals surface area contributed by atoms with Crippen LogP contribution in [-0.2, 0) is 4.74 Å². The summed E-state index contributed by atoms with van der Waals surface area (Å²) in [5.41, 5.74) is 6.33. The van der Waals surface area contributed by atoms with E-state index in [1.807, 2.05) is 23.0 Å². The number of fused-ring (bicyclic) bond motifs is 2. The lowest BCUT2D eigenvalue weighted by molar-refractivity contribution is 0.0816. The number of hydrogen-bond acceptors (Lipinski definition) is 5. The zero-order chi connectivity index (χ0) is 21.5. The van der Waals surface area contributed by atoms with Crippen LogP contribution >= 0.6 is 0 Å². The van der Waals surface area contributed by atoms with Gasteiger partial charge in [0, 0.05) is 42.9 Å². The average Bonchev–Trinajstić information content (AvgIpc) is 3.48.